The van der Waals surface area contributed by atoms with Crippen molar-refractivity contribution in [2.75, 3.05) is 0 Å². The van der Waals surface area contributed by atoms with Crippen molar-refractivity contribution >= 4 is 39.3 Å². The molecule has 3 heterocycles. The number of nitrogens with zero attached hydrogens (tertiary/aromatic N) is 6. The Labute approximate surface area is 209 Å². The third-order valence-corrected chi connectivity index (χ3v) is 7.45. The summed E-state index contributed by atoms with van der Waals surface area (Å²) < 4.78 is 5.06. The third-order valence-electron chi connectivity index (χ3n) is 6.52. The van der Waals surface area contributed by atoms with Crippen LogP contribution < -0.4 is 11.1 Å². The van der Waals surface area contributed by atoms with E-state index in [1.165, 1.54) is 16.3 Å². The number of benzene rings is 3. The highest BCUT2D eigenvalue weighted by molar-refractivity contribution is 7.98. The first-order chi connectivity index (χ1) is 17.4. The number of aryl methyl sites for hydroxylation is 3. The summed E-state index contributed by atoms with van der Waals surface area (Å²) in [7, 11) is 1.69. The quantitative estimate of drug-likeness (QED) is 0.270. The van der Waals surface area contributed by atoms with Gasteiger partial charge in [0.05, 0.1) is 33.2 Å². The predicted molar refractivity (Wildman–Crippen MR) is 142 cm³/mol. The number of hydrogen-bond donors (Lipinski definition) is 0. The van der Waals surface area contributed by atoms with Crippen molar-refractivity contribution in [2.24, 2.45) is 7.05 Å². The molecular formula is C27H22N6O2S. The molecule has 0 unspecified atom stereocenters. The zero-order valence-electron chi connectivity index (χ0n) is 20.0. The number of fused-ring (bicyclic) bond motifs is 4. The molecule has 0 N–H and O–H groups in total. The van der Waals surface area contributed by atoms with Gasteiger partial charge in [0.1, 0.15) is 5.82 Å². The van der Waals surface area contributed by atoms with Crippen molar-refractivity contribution in [3.05, 3.63) is 104 Å². The van der Waals surface area contributed by atoms with Gasteiger partial charge in [0, 0.05) is 7.05 Å². The van der Waals surface area contributed by atoms with Crippen molar-refractivity contribution in [3.8, 4) is 5.69 Å². The van der Waals surface area contributed by atoms with Gasteiger partial charge in [-0.15, -0.1) is 10.2 Å². The van der Waals surface area contributed by atoms with Crippen LogP contribution in [0, 0.1) is 13.8 Å². The molecule has 0 spiro atoms. The highest BCUT2D eigenvalue weighted by Crippen LogP contribution is 2.26. The van der Waals surface area contributed by atoms with Crippen LogP contribution in [0.5, 0.6) is 0 Å². The molecule has 0 aliphatic carbocycles. The smallest absolute Gasteiger partial charge is 0.266 e. The lowest BCUT2D eigenvalue weighted by Crippen LogP contribution is -2.22. The lowest BCUT2D eigenvalue weighted by atomic mass is 10.1. The van der Waals surface area contributed by atoms with Crippen LogP contribution in [0.4, 0.5) is 0 Å². The molecule has 0 atom stereocenters. The van der Waals surface area contributed by atoms with E-state index in [9.17, 15) is 9.59 Å². The van der Waals surface area contributed by atoms with Gasteiger partial charge in [0.15, 0.2) is 5.16 Å². The van der Waals surface area contributed by atoms with E-state index in [1.54, 1.807) is 23.7 Å². The fourth-order valence-corrected chi connectivity index (χ4v) is 5.34. The molecule has 3 aromatic carbocycles. The molecule has 0 saturated carbocycles. The Morgan fingerprint density at radius 1 is 0.833 bits per heavy atom. The zero-order valence-corrected chi connectivity index (χ0v) is 20.8. The van der Waals surface area contributed by atoms with Crippen molar-refractivity contribution < 1.29 is 0 Å². The van der Waals surface area contributed by atoms with Gasteiger partial charge in [-0.2, -0.15) is 0 Å². The normalized spacial score (nSPS) is 11.6. The van der Waals surface area contributed by atoms with Crippen LogP contribution in [0.2, 0.25) is 0 Å². The number of aromatic nitrogens is 6. The summed E-state index contributed by atoms with van der Waals surface area (Å²) in [5, 5.41) is 10.4. The van der Waals surface area contributed by atoms with Crippen molar-refractivity contribution in [3.63, 3.8) is 0 Å². The monoisotopic (exact) mass is 494 g/mol. The van der Waals surface area contributed by atoms with Gasteiger partial charge < -0.3 is 0 Å². The van der Waals surface area contributed by atoms with E-state index >= 15 is 0 Å². The number of hydrogen-bond acceptors (Lipinski definition) is 6. The number of thioether (sulfide) groups is 1. The Hall–Kier alpha value is -4.24. The van der Waals surface area contributed by atoms with E-state index < -0.39 is 0 Å². The highest BCUT2D eigenvalue weighted by atomic mass is 32.2. The zero-order chi connectivity index (χ0) is 25.0. The molecule has 6 aromatic rings. The minimum absolute atomic E-state index is 0.120. The van der Waals surface area contributed by atoms with E-state index in [-0.39, 0.29) is 11.1 Å². The fraction of sp³-hybridized carbons (Fsp3) is 0.148. The predicted octanol–water partition coefficient (Wildman–Crippen LogP) is 4.19. The molecule has 0 fully saturated rings. The van der Waals surface area contributed by atoms with Gasteiger partial charge in [-0.3, -0.25) is 23.1 Å². The second-order valence-electron chi connectivity index (χ2n) is 8.74. The molecule has 0 radical (unpaired) electrons. The Morgan fingerprint density at radius 2 is 1.58 bits per heavy atom. The molecule has 36 heavy (non-hydrogen) atoms. The van der Waals surface area contributed by atoms with E-state index in [0.717, 1.165) is 22.3 Å². The van der Waals surface area contributed by atoms with Crippen LogP contribution in [0.1, 0.15) is 17.0 Å². The van der Waals surface area contributed by atoms with Crippen LogP contribution in [0.25, 0.3) is 33.3 Å². The summed E-state index contributed by atoms with van der Waals surface area (Å²) in [5.74, 6) is 1.53. The van der Waals surface area contributed by atoms with Crippen LogP contribution in [0.15, 0.2) is 81.5 Å². The largest absolute Gasteiger partial charge is 0.279 e. The van der Waals surface area contributed by atoms with Crippen LogP contribution in [-0.4, -0.2) is 28.7 Å². The molecule has 0 amide bonds. The van der Waals surface area contributed by atoms with E-state index in [0.29, 0.717) is 38.8 Å². The summed E-state index contributed by atoms with van der Waals surface area (Å²) in [4.78, 5) is 31.2. The van der Waals surface area contributed by atoms with Crippen molar-refractivity contribution in [2.45, 2.75) is 24.8 Å². The molecule has 0 aliphatic rings. The Kier molecular flexibility index (Phi) is 5.22. The molecule has 0 aliphatic heterocycles. The lowest BCUT2D eigenvalue weighted by molar-refractivity contribution is 0.816. The summed E-state index contributed by atoms with van der Waals surface area (Å²) in [6.07, 6.45) is 0. The third kappa shape index (κ3) is 3.43. The van der Waals surface area contributed by atoms with E-state index in [1.807, 2.05) is 72.8 Å². The Bertz CT molecular complexity index is 1940. The van der Waals surface area contributed by atoms with Gasteiger partial charge >= 0.3 is 0 Å². The lowest BCUT2D eigenvalue weighted by Gasteiger charge is -2.14. The maximum absolute atomic E-state index is 13.6. The van der Waals surface area contributed by atoms with Crippen molar-refractivity contribution in [1.29, 1.82) is 0 Å². The fourth-order valence-electron chi connectivity index (χ4n) is 4.42. The number of para-hydroxylation sites is 2. The second-order valence-corrected chi connectivity index (χ2v) is 9.68. The average molecular weight is 495 g/mol. The number of rotatable bonds is 4. The van der Waals surface area contributed by atoms with Crippen LogP contribution >= 0.6 is 11.8 Å². The summed E-state index contributed by atoms with van der Waals surface area (Å²) >= 11 is 1.41. The molecule has 0 saturated heterocycles. The molecule has 6 rings (SSSR count). The van der Waals surface area contributed by atoms with Gasteiger partial charge in [-0.05, 0) is 61.4 Å². The van der Waals surface area contributed by atoms with Gasteiger partial charge in [-0.25, -0.2) is 4.98 Å². The SMILES string of the molecule is Cc1ccc(-n2c(SCc3nnc4n(C)c(=O)c5ccccc5n34)nc3ccccc3c2=O)cc1C. The summed E-state index contributed by atoms with van der Waals surface area (Å²) in [6, 6.07) is 20.8. The maximum Gasteiger partial charge on any atom is 0.266 e. The first kappa shape index (κ1) is 22.2. The van der Waals surface area contributed by atoms with E-state index in [4.69, 9.17) is 4.98 Å². The maximum atomic E-state index is 13.6. The van der Waals surface area contributed by atoms with Gasteiger partial charge in [0.2, 0.25) is 5.78 Å². The standard InChI is InChI=1S/C27H22N6O2S/c1-16-12-13-18(14-17(16)2)32-25(35)19-8-4-6-10-21(19)28-27(32)36-15-23-29-30-26-31(3)24(34)20-9-5-7-11-22(20)33(23)26/h4-14H,15H2,1-3H3. The summed E-state index contributed by atoms with van der Waals surface area (Å²) in [5.41, 5.74) is 4.16. The van der Waals surface area contributed by atoms with Crippen LogP contribution in [-0.2, 0) is 12.8 Å². The topological polar surface area (TPSA) is 87.1 Å². The Morgan fingerprint density at radius 3 is 2.39 bits per heavy atom. The molecule has 0 bridgehead atoms. The Balaban J connectivity index is 1.52. The molecular weight excluding hydrogens is 472 g/mol. The highest BCUT2D eigenvalue weighted by Gasteiger charge is 2.18. The van der Waals surface area contributed by atoms with E-state index in [2.05, 4.69) is 10.2 Å². The van der Waals surface area contributed by atoms with Gasteiger partial charge in [-0.1, -0.05) is 42.1 Å². The minimum Gasteiger partial charge on any atom is -0.279 e. The molecule has 9 heteroatoms. The first-order valence-electron chi connectivity index (χ1n) is 11.5. The van der Waals surface area contributed by atoms with Crippen molar-refractivity contribution in [1.82, 2.24) is 28.7 Å². The molecule has 8 nitrogen and oxygen atoms in total. The summed E-state index contributed by atoms with van der Waals surface area (Å²) in [6.45, 7) is 4.08. The minimum atomic E-state index is -0.121. The molecule has 178 valence electrons. The first-order valence-corrected chi connectivity index (χ1v) is 12.5. The molecule has 3 aromatic heterocycles. The van der Waals surface area contributed by atoms with Gasteiger partial charge in [0.25, 0.3) is 11.1 Å². The van der Waals surface area contributed by atoms with Crippen LogP contribution in [0.3, 0.4) is 0 Å². The average Bonchev–Trinajstić information content (AvgIpc) is 3.32. The second kappa shape index (κ2) is 8.46.